The Balaban J connectivity index is 1.64. The lowest BCUT2D eigenvalue weighted by atomic mass is 9.99. The van der Waals surface area contributed by atoms with E-state index in [0.717, 1.165) is 12.3 Å². The zero-order valence-electron chi connectivity index (χ0n) is 10.6. The number of aliphatic hydroxyl groups is 1. The highest BCUT2D eigenvalue weighted by Gasteiger charge is 2.36. The van der Waals surface area contributed by atoms with E-state index in [-0.39, 0.29) is 0 Å². The predicted octanol–water partition coefficient (Wildman–Crippen LogP) is 1.88. The summed E-state index contributed by atoms with van der Waals surface area (Å²) in [5.74, 6) is 0.735. The molecule has 2 unspecified atom stereocenters. The normalized spacial score (nSPS) is 29.4. The summed E-state index contributed by atoms with van der Waals surface area (Å²) in [5.41, 5.74) is 0.671. The highest BCUT2D eigenvalue weighted by molar-refractivity contribution is 5.21. The Morgan fingerprint density at radius 1 is 1.33 bits per heavy atom. The van der Waals surface area contributed by atoms with E-state index in [1.807, 2.05) is 6.07 Å². The lowest BCUT2D eigenvalue weighted by molar-refractivity contribution is 0.0241. The first-order valence-corrected chi connectivity index (χ1v) is 6.85. The minimum absolute atomic E-state index is 0.385. The summed E-state index contributed by atoms with van der Waals surface area (Å²) in [4.78, 5) is 0. The summed E-state index contributed by atoms with van der Waals surface area (Å²) >= 11 is 0. The van der Waals surface area contributed by atoms with Gasteiger partial charge in [0.1, 0.15) is 5.60 Å². The van der Waals surface area contributed by atoms with Crippen LogP contribution in [0.25, 0.3) is 0 Å². The van der Waals surface area contributed by atoms with Gasteiger partial charge in [0.15, 0.2) is 0 Å². The van der Waals surface area contributed by atoms with Gasteiger partial charge in [0.25, 0.3) is 0 Å². The number of nitrogens with one attached hydrogen (secondary N) is 1. The Morgan fingerprint density at radius 3 is 2.72 bits per heavy atom. The molecule has 0 spiro atoms. The second-order valence-electron chi connectivity index (χ2n) is 5.63. The van der Waals surface area contributed by atoms with Gasteiger partial charge < -0.3 is 15.2 Å². The molecule has 98 valence electrons. The smallest absolute Gasteiger partial charge is 0.103 e. The Hall–Kier alpha value is -0.900. The fourth-order valence-electron chi connectivity index (χ4n) is 2.68. The minimum atomic E-state index is -0.665. The average molecular weight is 247 g/mol. The van der Waals surface area contributed by atoms with Crippen molar-refractivity contribution in [3.63, 3.8) is 0 Å². The van der Waals surface area contributed by atoms with E-state index >= 15 is 0 Å². The van der Waals surface area contributed by atoms with Crippen LogP contribution in [0.2, 0.25) is 0 Å². The highest BCUT2D eigenvalue weighted by atomic mass is 16.5. The van der Waals surface area contributed by atoms with Crippen LogP contribution in [0, 0.1) is 5.92 Å². The van der Waals surface area contributed by atoms with Gasteiger partial charge in [-0.1, -0.05) is 30.3 Å². The SMILES string of the molecule is OC1(CNC(c2ccccc2)C2CC2)CCOC1. The van der Waals surface area contributed by atoms with E-state index < -0.39 is 5.60 Å². The molecule has 18 heavy (non-hydrogen) atoms. The molecule has 0 bridgehead atoms. The van der Waals surface area contributed by atoms with Gasteiger partial charge in [0.2, 0.25) is 0 Å². The van der Waals surface area contributed by atoms with Crippen LogP contribution in [0.3, 0.4) is 0 Å². The number of benzene rings is 1. The van der Waals surface area contributed by atoms with E-state index in [4.69, 9.17) is 4.74 Å². The third-order valence-electron chi connectivity index (χ3n) is 3.99. The van der Waals surface area contributed by atoms with Crippen molar-refractivity contribution in [1.29, 1.82) is 0 Å². The second-order valence-corrected chi connectivity index (χ2v) is 5.63. The molecule has 3 heteroatoms. The minimum Gasteiger partial charge on any atom is -0.386 e. The third kappa shape index (κ3) is 2.74. The standard InChI is InChI=1S/C15H21NO2/c17-15(8-9-18-11-15)10-16-14(13-6-7-13)12-4-2-1-3-5-12/h1-5,13-14,16-17H,6-11H2. The summed E-state index contributed by atoms with van der Waals surface area (Å²) in [6.45, 7) is 1.77. The van der Waals surface area contributed by atoms with Crippen LogP contribution in [-0.2, 0) is 4.74 Å². The van der Waals surface area contributed by atoms with Crippen LogP contribution < -0.4 is 5.32 Å². The second kappa shape index (κ2) is 5.00. The summed E-state index contributed by atoms with van der Waals surface area (Å²) in [6.07, 6.45) is 3.33. The molecular formula is C15H21NO2. The Kier molecular flexibility index (Phi) is 3.37. The molecule has 0 radical (unpaired) electrons. The van der Waals surface area contributed by atoms with Crippen LogP contribution in [-0.4, -0.2) is 30.5 Å². The van der Waals surface area contributed by atoms with Gasteiger partial charge in [-0.25, -0.2) is 0 Å². The van der Waals surface area contributed by atoms with Crippen molar-refractivity contribution in [1.82, 2.24) is 5.32 Å². The van der Waals surface area contributed by atoms with E-state index in [1.54, 1.807) is 0 Å². The molecule has 1 aliphatic heterocycles. The highest BCUT2D eigenvalue weighted by Crippen LogP contribution is 2.41. The zero-order chi connectivity index (χ0) is 12.4. The van der Waals surface area contributed by atoms with E-state index in [0.29, 0.717) is 25.8 Å². The van der Waals surface area contributed by atoms with Crippen LogP contribution >= 0.6 is 0 Å². The average Bonchev–Trinajstić information content (AvgIpc) is 3.13. The molecule has 1 aliphatic carbocycles. The summed E-state index contributed by atoms with van der Waals surface area (Å²) in [7, 11) is 0. The zero-order valence-corrected chi connectivity index (χ0v) is 10.6. The molecule has 1 saturated heterocycles. The monoisotopic (exact) mass is 247 g/mol. The molecule has 1 saturated carbocycles. The lowest BCUT2D eigenvalue weighted by Gasteiger charge is -2.26. The Bertz CT molecular complexity index is 383. The largest absolute Gasteiger partial charge is 0.386 e. The van der Waals surface area contributed by atoms with Gasteiger partial charge in [-0.05, 0) is 24.3 Å². The molecular weight excluding hydrogens is 226 g/mol. The first kappa shape index (κ1) is 12.2. The van der Waals surface area contributed by atoms with Crippen molar-refractivity contribution >= 4 is 0 Å². The molecule has 1 aromatic carbocycles. The molecule has 2 atom stereocenters. The molecule has 1 heterocycles. The molecule has 2 aliphatic rings. The molecule has 3 rings (SSSR count). The van der Waals surface area contributed by atoms with E-state index in [9.17, 15) is 5.11 Å². The maximum atomic E-state index is 10.3. The fourth-order valence-corrected chi connectivity index (χ4v) is 2.68. The molecule has 2 N–H and O–H groups in total. The van der Waals surface area contributed by atoms with E-state index in [2.05, 4.69) is 29.6 Å². The molecule has 3 nitrogen and oxygen atoms in total. The summed E-state index contributed by atoms with van der Waals surface area (Å²) in [6, 6.07) is 10.9. The van der Waals surface area contributed by atoms with Crippen molar-refractivity contribution < 1.29 is 9.84 Å². The van der Waals surface area contributed by atoms with Crippen LogP contribution in [0.1, 0.15) is 30.9 Å². The number of ether oxygens (including phenoxy) is 1. The summed E-state index contributed by atoms with van der Waals surface area (Å²) < 4.78 is 5.28. The third-order valence-corrected chi connectivity index (χ3v) is 3.99. The van der Waals surface area contributed by atoms with Crippen molar-refractivity contribution in [2.75, 3.05) is 19.8 Å². The van der Waals surface area contributed by atoms with Crippen molar-refractivity contribution in [2.45, 2.75) is 30.9 Å². The predicted molar refractivity (Wildman–Crippen MR) is 70.3 cm³/mol. The van der Waals surface area contributed by atoms with Crippen LogP contribution in [0.15, 0.2) is 30.3 Å². The maximum Gasteiger partial charge on any atom is 0.103 e. The Labute approximate surface area is 108 Å². The van der Waals surface area contributed by atoms with E-state index in [1.165, 1.54) is 18.4 Å². The lowest BCUT2D eigenvalue weighted by Crippen LogP contribution is -2.42. The molecule has 1 aromatic rings. The quantitative estimate of drug-likeness (QED) is 0.834. The van der Waals surface area contributed by atoms with Crippen molar-refractivity contribution in [2.24, 2.45) is 5.92 Å². The van der Waals surface area contributed by atoms with Crippen molar-refractivity contribution in [3.05, 3.63) is 35.9 Å². The van der Waals surface area contributed by atoms with Crippen LogP contribution in [0.4, 0.5) is 0 Å². The van der Waals surface area contributed by atoms with Gasteiger partial charge in [-0.3, -0.25) is 0 Å². The fraction of sp³-hybridized carbons (Fsp3) is 0.600. The Morgan fingerprint density at radius 2 is 2.11 bits per heavy atom. The first-order valence-electron chi connectivity index (χ1n) is 6.85. The van der Waals surface area contributed by atoms with Gasteiger partial charge in [0.05, 0.1) is 6.61 Å². The van der Waals surface area contributed by atoms with Crippen LogP contribution in [0.5, 0.6) is 0 Å². The molecule has 0 amide bonds. The van der Waals surface area contributed by atoms with Crippen molar-refractivity contribution in [3.8, 4) is 0 Å². The van der Waals surface area contributed by atoms with Gasteiger partial charge in [-0.2, -0.15) is 0 Å². The molecule has 0 aromatic heterocycles. The number of hydrogen-bond acceptors (Lipinski definition) is 3. The number of rotatable bonds is 5. The van der Waals surface area contributed by atoms with Gasteiger partial charge in [-0.15, -0.1) is 0 Å². The summed E-state index contributed by atoms with van der Waals surface area (Å²) in [5, 5.41) is 13.9. The number of hydrogen-bond donors (Lipinski definition) is 2. The maximum absolute atomic E-state index is 10.3. The van der Waals surface area contributed by atoms with Gasteiger partial charge >= 0.3 is 0 Å². The topological polar surface area (TPSA) is 41.5 Å². The van der Waals surface area contributed by atoms with Gasteiger partial charge in [0, 0.05) is 25.6 Å². The first-order chi connectivity index (χ1) is 8.77. The molecule has 2 fully saturated rings.